The maximum atomic E-state index is 6.29. The van der Waals surface area contributed by atoms with E-state index < -0.39 is 0 Å². The molecule has 110 valence electrons. The summed E-state index contributed by atoms with van der Waals surface area (Å²) in [7, 11) is 0. The molecule has 0 N–H and O–H groups in total. The van der Waals surface area contributed by atoms with Gasteiger partial charge in [0.25, 0.3) is 0 Å². The lowest BCUT2D eigenvalue weighted by Gasteiger charge is -2.52. The van der Waals surface area contributed by atoms with Crippen molar-refractivity contribution in [3.8, 4) is 0 Å². The Morgan fingerprint density at radius 3 is 2.91 bits per heavy atom. The molecule has 5 rings (SSSR count). The van der Waals surface area contributed by atoms with Crippen molar-refractivity contribution >= 4 is 18.4 Å². The standard InChI is InChI=1S/C20H18O2/c1-2-8-20-9-4-16-12-15-5-11-21-14-17(15)13-18(16)19(20,6-1)7-3-10-22-20/h1,3-7,9,12-14H,2,8,10-11H2. The molecule has 4 aliphatic rings. The average molecular weight is 290 g/mol. The van der Waals surface area contributed by atoms with E-state index in [-0.39, 0.29) is 11.0 Å². The van der Waals surface area contributed by atoms with Crippen LogP contribution in [-0.4, -0.2) is 18.8 Å². The first-order valence-corrected chi connectivity index (χ1v) is 7.98. The fourth-order valence-corrected chi connectivity index (χ4v) is 4.34. The zero-order valence-electron chi connectivity index (χ0n) is 12.4. The van der Waals surface area contributed by atoms with Gasteiger partial charge >= 0.3 is 0 Å². The maximum absolute atomic E-state index is 6.29. The number of benzene rings is 1. The van der Waals surface area contributed by atoms with Gasteiger partial charge in [-0.25, -0.2) is 0 Å². The molecule has 0 saturated heterocycles. The molecule has 2 heteroatoms. The molecular formula is C20H18O2. The van der Waals surface area contributed by atoms with Gasteiger partial charge in [-0.2, -0.15) is 0 Å². The van der Waals surface area contributed by atoms with Crippen LogP contribution in [0, 0.1) is 0 Å². The first kappa shape index (κ1) is 12.5. The van der Waals surface area contributed by atoms with Crippen LogP contribution >= 0.6 is 0 Å². The second-order valence-corrected chi connectivity index (χ2v) is 6.47. The first-order chi connectivity index (χ1) is 10.8. The van der Waals surface area contributed by atoms with Crippen molar-refractivity contribution in [3.63, 3.8) is 0 Å². The third kappa shape index (κ3) is 1.43. The maximum Gasteiger partial charge on any atom is 0.106 e. The number of ether oxygens (including phenoxy) is 2. The highest BCUT2D eigenvalue weighted by Gasteiger charge is 2.53. The largest absolute Gasteiger partial charge is 0.496 e. The highest BCUT2D eigenvalue weighted by molar-refractivity contribution is 5.68. The SMILES string of the molecule is C1=CC23C=CCOC2(C=Cc2cc4c(cc23)=COCC=4)CC1. The summed E-state index contributed by atoms with van der Waals surface area (Å²) in [6.45, 7) is 1.36. The van der Waals surface area contributed by atoms with Gasteiger partial charge in [0.1, 0.15) is 12.2 Å². The van der Waals surface area contributed by atoms with Gasteiger partial charge in [0, 0.05) is 5.22 Å². The van der Waals surface area contributed by atoms with Crippen molar-refractivity contribution in [2.75, 3.05) is 13.2 Å². The quantitative estimate of drug-likeness (QED) is 0.682. The minimum absolute atomic E-state index is 0.173. The van der Waals surface area contributed by atoms with Crippen LogP contribution < -0.4 is 10.4 Å². The van der Waals surface area contributed by atoms with Crippen LogP contribution in [0.3, 0.4) is 0 Å². The zero-order valence-corrected chi connectivity index (χ0v) is 12.4. The fourth-order valence-electron chi connectivity index (χ4n) is 4.34. The van der Waals surface area contributed by atoms with Crippen LogP contribution in [0.25, 0.3) is 18.4 Å². The summed E-state index contributed by atoms with van der Waals surface area (Å²) in [6.07, 6.45) is 19.8. The van der Waals surface area contributed by atoms with Gasteiger partial charge in [-0.1, -0.05) is 36.5 Å². The Hall–Kier alpha value is -2.06. The van der Waals surface area contributed by atoms with E-state index in [0.29, 0.717) is 13.2 Å². The monoisotopic (exact) mass is 290 g/mol. The van der Waals surface area contributed by atoms with E-state index in [2.05, 4.69) is 54.7 Å². The Balaban J connectivity index is 1.88. The molecule has 2 nitrogen and oxygen atoms in total. The van der Waals surface area contributed by atoms with Gasteiger partial charge in [0.15, 0.2) is 0 Å². The number of allylic oxidation sites excluding steroid dienone is 1. The summed E-state index contributed by atoms with van der Waals surface area (Å²) in [5.74, 6) is 0. The van der Waals surface area contributed by atoms with E-state index in [0.717, 1.165) is 12.8 Å². The van der Waals surface area contributed by atoms with Crippen molar-refractivity contribution < 1.29 is 9.47 Å². The summed E-state index contributed by atoms with van der Waals surface area (Å²) in [4.78, 5) is 0. The molecule has 0 radical (unpaired) electrons. The van der Waals surface area contributed by atoms with E-state index in [1.54, 1.807) is 0 Å². The van der Waals surface area contributed by atoms with E-state index >= 15 is 0 Å². The Bertz CT molecular complexity index is 836. The molecule has 0 amide bonds. The molecule has 2 aliphatic heterocycles. The van der Waals surface area contributed by atoms with Crippen LogP contribution in [0.1, 0.15) is 24.0 Å². The number of fused-ring (bicyclic) bond motifs is 2. The summed E-state index contributed by atoms with van der Waals surface area (Å²) in [5, 5.41) is 2.43. The Morgan fingerprint density at radius 2 is 1.91 bits per heavy atom. The van der Waals surface area contributed by atoms with E-state index in [9.17, 15) is 0 Å². The number of rotatable bonds is 0. The second-order valence-electron chi connectivity index (χ2n) is 6.47. The Kier molecular flexibility index (Phi) is 2.40. The van der Waals surface area contributed by atoms with E-state index in [4.69, 9.17) is 9.47 Å². The predicted octanol–water partition coefficient (Wildman–Crippen LogP) is 2.18. The van der Waals surface area contributed by atoms with E-state index in [1.807, 2.05) is 6.26 Å². The molecule has 0 aromatic heterocycles. The minimum atomic E-state index is -0.225. The normalized spacial score (nSPS) is 33.5. The molecule has 1 aromatic carbocycles. The van der Waals surface area contributed by atoms with Gasteiger partial charge in [0.2, 0.25) is 0 Å². The van der Waals surface area contributed by atoms with Gasteiger partial charge < -0.3 is 9.47 Å². The van der Waals surface area contributed by atoms with Crippen molar-refractivity contribution in [2.45, 2.75) is 23.9 Å². The van der Waals surface area contributed by atoms with Gasteiger partial charge in [-0.05, 0) is 47.4 Å². The van der Waals surface area contributed by atoms with E-state index in [1.165, 1.54) is 21.6 Å². The Labute approximate surface area is 129 Å². The Morgan fingerprint density at radius 1 is 0.955 bits per heavy atom. The third-order valence-corrected chi connectivity index (χ3v) is 5.42. The molecule has 0 fully saturated rings. The minimum Gasteiger partial charge on any atom is -0.496 e. The molecule has 2 heterocycles. The van der Waals surface area contributed by atoms with Crippen LogP contribution in [0.4, 0.5) is 0 Å². The first-order valence-electron chi connectivity index (χ1n) is 7.98. The van der Waals surface area contributed by atoms with Crippen LogP contribution in [0.2, 0.25) is 0 Å². The summed E-state index contributed by atoms with van der Waals surface area (Å²) in [6, 6.07) is 4.57. The number of hydrogen-bond acceptors (Lipinski definition) is 2. The molecular weight excluding hydrogens is 272 g/mol. The van der Waals surface area contributed by atoms with Crippen molar-refractivity contribution in [2.24, 2.45) is 0 Å². The molecule has 22 heavy (non-hydrogen) atoms. The lowest BCUT2D eigenvalue weighted by Crippen LogP contribution is -2.55. The summed E-state index contributed by atoms with van der Waals surface area (Å²) >= 11 is 0. The third-order valence-electron chi connectivity index (χ3n) is 5.42. The van der Waals surface area contributed by atoms with Crippen molar-refractivity contribution in [1.82, 2.24) is 0 Å². The lowest BCUT2D eigenvalue weighted by molar-refractivity contribution is -0.0439. The fraction of sp³-hybridized carbons (Fsp3) is 0.300. The predicted molar refractivity (Wildman–Crippen MR) is 87.5 cm³/mol. The number of hydrogen-bond donors (Lipinski definition) is 0. The van der Waals surface area contributed by atoms with Crippen LogP contribution in [0.5, 0.6) is 0 Å². The van der Waals surface area contributed by atoms with Crippen molar-refractivity contribution in [1.29, 1.82) is 0 Å². The topological polar surface area (TPSA) is 18.5 Å². The zero-order chi connectivity index (χ0) is 14.6. The van der Waals surface area contributed by atoms with Gasteiger partial charge in [-0.15, -0.1) is 0 Å². The molecule has 0 saturated carbocycles. The van der Waals surface area contributed by atoms with Crippen LogP contribution in [-0.2, 0) is 14.9 Å². The summed E-state index contributed by atoms with van der Waals surface area (Å²) < 4.78 is 11.8. The van der Waals surface area contributed by atoms with Crippen molar-refractivity contribution in [3.05, 3.63) is 64.1 Å². The smallest absolute Gasteiger partial charge is 0.106 e. The highest BCUT2D eigenvalue weighted by atomic mass is 16.5. The lowest BCUT2D eigenvalue weighted by atomic mass is 9.58. The molecule has 2 aliphatic carbocycles. The van der Waals surface area contributed by atoms with Gasteiger partial charge in [0.05, 0.1) is 18.3 Å². The molecule has 1 aromatic rings. The average Bonchev–Trinajstić information content (AvgIpc) is 2.59. The molecule has 2 atom stereocenters. The second kappa shape index (κ2) is 4.23. The van der Waals surface area contributed by atoms with Gasteiger partial charge in [-0.3, -0.25) is 0 Å². The molecule has 2 unspecified atom stereocenters. The van der Waals surface area contributed by atoms with Crippen LogP contribution in [0.15, 0.2) is 42.5 Å². The molecule has 0 bridgehead atoms. The molecule has 0 spiro atoms. The highest BCUT2D eigenvalue weighted by Crippen LogP contribution is 2.52. The summed E-state index contributed by atoms with van der Waals surface area (Å²) in [5.41, 5.74) is 2.23.